The SMILES string of the molecule is O=C1CC[C@@H](C(=O)NCc2ccc(CO)cc2)N1. The van der Waals surface area contributed by atoms with Gasteiger partial charge in [0.2, 0.25) is 11.8 Å². The third-order valence-electron chi connectivity index (χ3n) is 2.98. The third-order valence-corrected chi connectivity index (χ3v) is 2.98. The molecule has 2 amide bonds. The van der Waals surface area contributed by atoms with Gasteiger partial charge < -0.3 is 15.7 Å². The predicted molar refractivity (Wildman–Crippen MR) is 65.4 cm³/mol. The fourth-order valence-corrected chi connectivity index (χ4v) is 1.89. The Kier molecular flexibility index (Phi) is 3.94. The number of carbonyl (C=O) groups excluding carboxylic acids is 2. The van der Waals surface area contributed by atoms with E-state index >= 15 is 0 Å². The number of hydrogen-bond acceptors (Lipinski definition) is 3. The Labute approximate surface area is 105 Å². The molecular formula is C13H16N2O3. The summed E-state index contributed by atoms with van der Waals surface area (Å²) in [6, 6.07) is 6.96. The molecule has 1 aromatic carbocycles. The number of hydrogen-bond donors (Lipinski definition) is 3. The molecule has 96 valence electrons. The highest BCUT2D eigenvalue weighted by Crippen LogP contribution is 2.07. The molecule has 0 spiro atoms. The van der Waals surface area contributed by atoms with Crippen LogP contribution in [-0.4, -0.2) is 23.0 Å². The lowest BCUT2D eigenvalue weighted by Gasteiger charge is -2.11. The van der Waals surface area contributed by atoms with Gasteiger partial charge in [0.25, 0.3) is 0 Å². The van der Waals surface area contributed by atoms with Crippen LogP contribution in [0.1, 0.15) is 24.0 Å². The molecular weight excluding hydrogens is 232 g/mol. The molecule has 2 rings (SSSR count). The van der Waals surface area contributed by atoms with Crippen molar-refractivity contribution in [1.82, 2.24) is 10.6 Å². The van der Waals surface area contributed by atoms with Gasteiger partial charge in [-0.3, -0.25) is 9.59 Å². The van der Waals surface area contributed by atoms with Crippen molar-refractivity contribution >= 4 is 11.8 Å². The quantitative estimate of drug-likeness (QED) is 0.705. The van der Waals surface area contributed by atoms with Crippen molar-refractivity contribution < 1.29 is 14.7 Å². The summed E-state index contributed by atoms with van der Waals surface area (Å²) in [5, 5.41) is 14.3. The zero-order chi connectivity index (χ0) is 13.0. The predicted octanol–water partition coefficient (Wildman–Crippen LogP) is 0.0737. The van der Waals surface area contributed by atoms with Crippen LogP contribution in [0.3, 0.4) is 0 Å². The van der Waals surface area contributed by atoms with Gasteiger partial charge in [0.05, 0.1) is 6.61 Å². The lowest BCUT2D eigenvalue weighted by molar-refractivity contribution is -0.125. The normalized spacial score (nSPS) is 18.5. The minimum absolute atomic E-state index is 0.0146. The zero-order valence-corrected chi connectivity index (χ0v) is 9.98. The van der Waals surface area contributed by atoms with Gasteiger partial charge in [-0.05, 0) is 17.5 Å². The lowest BCUT2D eigenvalue weighted by atomic mass is 10.1. The van der Waals surface area contributed by atoms with Crippen LogP contribution in [-0.2, 0) is 22.7 Å². The molecule has 0 aliphatic carbocycles. The lowest BCUT2D eigenvalue weighted by Crippen LogP contribution is -2.41. The van der Waals surface area contributed by atoms with Crippen LogP contribution in [0, 0.1) is 0 Å². The Morgan fingerprint density at radius 3 is 2.56 bits per heavy atom. The summed E-state index contributed by atoms with van der Waals surface area (Å²) in [6.45, 7) is 0.442. The number of carbonyl (C=O) groups is 2. The van der Waals surface area contributed by atoms with Gasteiger partial charge in [-0.15, -0.1) is 0 Å². The van der Waals surface area contributed by atoms with Crippen LogP contribution in [0.2, 0.25) is 0 Å². The average molecular weight is 248 g/mol. The van der Waals surface area contributed by atoms with Crippen molar-refractivity contribution in [3.63, 3.8) is 0 Å². The van der Waals surface area contributed by atoms with Gasteiger partial charge in [-0.2, -0.15) is 0 Å². The Balaban J connectivity index is 1.83. The molecule has 1 saturated heterocycles. The summed E-state index contributed by atoms with van der Waals surface area (Å²) >= 11 is 0. The van der Waals surface area contributed by atoms with E-state index in [1.165, 1.54) is 0 Å². The fraction of sp³-hybridized carbons (Fsp3) is 0.385. The van der Waals surface area contributed by atoms with Crippen LogP contribution in [0.25, 0.3) is 0 Å². The van der Waals surface area contributed by atoms with E-state index in [1.807, 2.05) is 24.3 Å². The van der Waals surface area contributed by atoms with Crippen molar-refractivity contribution in [2.75, 3.05) is 0 Å². The maximum atomic E-state index is 11.7. The highest BCUT2D eigenvalue weighted by molar-refractivity contribution is 5.90. The minimum atomic E-state index is -0.394. The summed E-state index contributed by atoms with van der Waals surface area (Å²) < 4.78 is 0. The third kappa shape index (κ3) is 3.07. The molecule has 3 N–H and O–H groups in total. The van der Waals surface area contributed by atoms with Crippen molar-refractivity contribution in [1.29, 1.82) is 0 Å². The summed E-state index contributed by atoms with van der Waals surface area (Å²) in [7, 11) is 0. The van der Waals surface area contributed by atoms with Gasteiger partial charge >= 0.3 is 0 Å². The Hall–Kier alpha value is -1.88. The van der Waals surface area contributed by atoms with E-state index < -0.39 is 6.04 Å². The van der Waals surface area contributed by atoms with Gasteiger partial charge in [-0.25, -0.2) is 0 Å². The second-order valence-electron chi connectivity index (χ2n) is 4.35. The topological polar surface area (TPSA) is 78.4 Å². The van der Waals surface area contributed by atoms with Crippen molar-refractivity contribution in [2.24, 2.45) is 0 Å². The second-order valence-corrected chi connectivity index (χ2v) is 4.35. The Morgan fingerprint density at radius 2 is 2.00 bits per heavy atom. The number of nitrogens with one attached hydrogen (secondary N) is 2. The average Bonchev–Trinajstić information content (AvgIpc) is 2.83. The molecule has 1 heterocycles. The highest BCUT2D eigenvalue weighted by Gasteiger charge is 2.26. The molecule has 0 aromatic heterocycles. The van der Waals surface area contributed by atoms with Crippen LogP contribution in [0.15, 0.2) is 24.3 Å². The van der Waals surface area contributed by atoms with E-state index in [1.54, 1.807) is 0 Å². The molecule has 5 nitrogen and oxygen atoms in total. The molecule has 1 aromatic rings. The van der Waals surface area contributed by atoms with Gasteiger partial charge in [-0.1, -0.05) is 24.3 Å². The molecule has 0 unspecified atom stereocenters. The smallest absolute Gasteiger partial charge is 0.242 e. The van der Waals surface area contributed by atoms with E-state index in [2.05, 4.69) is 10.6 Å². The van der Waals surface area contributed by atoms with E-state index in [9.17, 15) is 9.59 Å². The van der Waals surface area contributed by atoms with Gasteiger partial charge in [0.1, 0.15) is 6.04 Å². The molecule has 0 saturated carbocycles. The van der Waals surface area contributed by atoms with Crippen LogP contribution >= 0.6 is 0 Å². The number of rotatable bonds is 4. The van der Waals surface area contributed by atoms with Crippen molar-refractivity contribution in [2.45, 2.75) is 32.0 Å². The van der Waals surface area contributed by atoms with Crippen LogP contribution < -0.4 is 10.6 Å². The summed E-state index contributed by atoms with van der Waals surface area (Å²) in [5.41, 5.74) is 1.80. The van der Waals surface area contributed by atoms with Crippen LogP contribution in [0.4, 0.5) is 0 Å². The standard InChI is InChI=1S/C13H16N2O3/c16-8-10-3-1-9(2-4-10)7-14-13(18)11-5-6-12(17)15-11/h1-4,11,16H,5-8H2,(H,14,18)(H,15,17)/t11-/m0/s1. The molecule has 1 atom stereocenters. The van der Waals surface area contributed by atoms with E-state index in [4.69, 9.17) is 5.11 Å². The van der Waals surface area contributed by atoms with E-state index in [-0.39, 0.29) is 18.4 Å². The summed E-state index contributed by atoms with van der Waals surface area (Å²) in [6.07, 6.45) is 0.984. The number of benzene rings is 1. The molecule has 1 fully saturated rings. The fourth-order valence-electron chi connectivity index (χ4n) is 1.89. The maximum Gasteiger partial charge on any atom is 0.242 e. The maximum absolute atomic E-state index is 11.7. The first-order valence-corrected chi connectivity index (χ1v) is 5.95. The van der Waals surface area contributed by atoms with Crippen LogP contribution in [0.5, 0.6) is 0 Å². The first-order valence-electron chi connectivity index (χ1n) is 5.95. The van der Waals surface area contributed by atoms with Crippen molar-refractivity contribution in [3.8, 4) is 0 Å². The molecule has 1 aliphatic rings. The zero-order valence-electron chi connectivity index (χ0n) is 9.98. The van der Waals surface area contributed by atoms with E-state index in [0.717, 1.165) is 11.1 Å². The second kappa shape index (κ2) is 5.64. The van der Waals surface area contributed by atoms with Gasteiger partial charge in [0, 0.05) is 13.0 Å². The molecule has 0 radical (unpaired) electrons. The molecule has 18 heavy (non-hydrogen) atoms. The summed E-state index contributed by atoms with van der Waals surface area (Å²) in [4.78, 5) is 22.7. The minimum Gasteiger partial charge on any atom is -0.392 e. The van der Waals surface area contributed by atoms with Gasteiger partial charge in [0.15, 0.2) is 0 Å². The monoisotopic (exact) mass is 248 g/mol. The number of aliphatic hydroxyl groups is 1. The summed E-state index contributed by atoms with van der Waals surface area (Å²) in [5.74, 6) is -0.213. The molecule has 0 bridgehead atoms. The number of amides is 2. The Bertz CT molecular complexity index is 442. The largest absolute Gasteiger partial charge is 0.392 e. The molecule has 1 aliphatic heterocycles. The van der Waals surface area contributed by atoms with E-state index in [0.29, 0.717) is 19.4 Å². The molecule has 5 heteroatoms. The van der Waals surface area contributed by atoms with Crippen molar-refractivity contribution in [3.05, 3.63) is 35.4 Å². The Morgan fingerprint density at radius 1 is 1.33 bits per heavy atom. The number of aliphatic hydroxyl groups excluding tert-OH is 1. The highest BCUT2D eigenvalue weighted by atomic mass is 16.3. The first kappa shape index (κ1) is 12.6. The first-order chi connectivity index (χ1) is 8.69.